The minimum absolute atomic E-state index is 0.135. The molecule has 124 valence electrons. The van der Waals surface area contributed by atoms with Crippen molar-refractivity contribution in [1.29, 1.82) is 0 Å². The van der Waals surface area contributed by atoms with Gasteiger partial charge < -0.3 is 24.5 Å². The fourth-order valence-electron chi connectivity index (χ4n) is 1.37. The first-order valence-corrected chi connectivity index (χ1v) is 7.65. The van der Waals surface area contributed by atoms with Crippen LogP contribution in [0.1, 0.15) is 20.8 Å². The van der Waals surface area contributed by atoms with Crippen LogP contribution in [0.2, 0.25) is 0 Å². The Kier molecular flexibility index (Phi) is 7.49. The highest BCUT2D eigenvalue weighted by Crippen LogP contribution is 2.35. The van der Waals surface area contributed by atoms with E-state index in [4.69, 9.17) is 14.5 Å². The Balaban J connectivity index is 4.29. The normalized spacial score (nSPS) is 13.7. The van der Waals surface area contributed by atoms with E-state index in [0.717, 1.165) is 0 Å². The van der Waals surface area contributed by atoms with Gasteiger partial charge in [-0.2, -0.15) is 0 Å². The average molecular weight is 327 g/mol. The minimum Gasteiger partial charge on any atom is -0.462 e. The summed E-state index contributed by atoms with van der Waals surface area (Å²) >= 11 is 0. The molecule has 0 saturated heterocycles. The van der Waals surface area contributed by atoms with Crippen LogP contribution in [-0.4, -0.2) is 64.6 Å². The van der Waals surface area contributed by atoms with Gasteiger partial charge in [0.25, 0.3) is 0 Å². The van der Waals surface area contributed by atoms with E-state index in [1.807, 2.05) is 0 Å². The van der Waals surface area contributed by atoms with Crippen LogP contribution in [0.25, 0.3) is 0 Å². The number of hydrogen-bond donors (Lipinski definition) is 3. The maximum Gasteiger partial charge on any atom is 0.469 e. The number of carbonyl (C=O) groups excluding carboxylic acids is 2. The van der Waals surface area contributed by atoms with Crippen LogP contribution in [-0.2, 0) is 23.4 Å². The summed E-state index contributed by atoms with van der Waals surface area (Å²) in [7, 11) is -3.13. The molecule has 1 unspecified atom stereocenters. The molecule has 3 N–H and O–H groups in total. The first-order valence-electron chi connectivity index (χ1n) is 6.12. The zero-order valence-electron chi connectivity index (χ0n) is 12.5. The van der Waals surface area contributed by atoms with Crippen molar-refractivity contribution in [3.63, 3.8) is 0 Å². The van der Waals surface area contributed by atoms with Crippen molar-refractivity contribution < 1.29 is 38.3 Å². The van der Waals surface area contributed by atoms with Crippen molar-refractivity contribution >= 4 is 19.7 Å². The van der Waals surface area contributed by atoms with Crippen molar-refractivity contribution in [3.8, 4) is 0 Å². The van der Waals surface area contributed by atoms with Gasteiger partial charge in [-0.3, -0.25) is 14.1 Å². The predicted molar refractivity (Wildman–Crippen MR) is 72.1 cm³/mol. The third-order valence-corrected chi connectivity index (χ3v) is 3.05. The number of nitrogens with zero attached hydrogens (tertiary/aromatic N) is 1. The van der Waals surface area contributed by atoms with E-state index in [1.165, 1.54) is 11.8 Å². The number of aliphatic hydroxyl groups excluding tert-OH is 1. The zero-order chi connectivity index (χ0) is 16.8. The average Bonchev–Trinajstić information content (AvgIpc) is 2.31. The van der Waals surface area contributed by atoms with Gasteiger partial charge in [-0.05, 0) is 13.8 Å². The standard InChI is InChI=1S/C11H22NO8P/c1-8(13)12(4)7-11(2,3)10(15)19-5-9(14)6-20-21(16,17)18/h9,14H,5-7H2,1-4H3,(H2,16,17,18). The second kappa shape index (κ2) is 7.86. The summed E-state index contributed by atoms with van der Waals surface area (Å²) in [6.45, 7) is 3.53. The topological polar surface area (TPSA) is 134 Å². The molecule has 0 aromatic rings. The Morgan fingerprint density at radius 3 is 2.24 bits per heavy atom. The molecule has 0 aliphatic carbocycles. The fourth-order valence-corrected chi connectivity index (χ4v) is 1.73. The van der Waals surface area contributed by atoms with Gasteiger partial charge in [-0.15, -0.1) is 0 Å². The SMILES string of the molecule is CC(=O)N(C)CC(C)(C)C(=O)OCC(O)COP(=O)(O)O. The lowest BCUT2D eigenvalue weighted by Crippen LogP contribution is -2.41. The van der Waals surface area contributed by atoms with E-state index in [-0.39, 0.29) is 12.5 Å². The molecule has 0 aliphatic rings. The molecule has 0 rings (SSSR count). The smallest absolute Gasteiger partial charge is 0.462 e. The molecule has 0 heterocycles. The first-order chi connectivity index (χ1) is 9.35. The Hall–Kier alpha value is -0.990. The molecule has 0 radical (unpaired) electrons. The Morgan fingerprint density at radius 1 is 1.29 bits per heavy atom. The van der Waals surface area contributed by atoms with Crippen LogP contribution in [0.3, 0.4) is 0 Å². The van der Waals surface area contributed by atoms with Gasteiger partial charge in [0.15, 0.2) is 0 Å². The number of phosphoric ester groups is 1. The second-order valence-electron chi connectivity index (χ2n) is 5.30. The molecule has 0 spiro atoms. The lowest BCUT2D eigenvalue weighted by molar-refractivity contribution is -0.159. The molecule has 1 amide bonds. The number of phosphoric acid groups is 1. The number of ether oxygens (including phenoxy) is 1. The van der Waals surface area contributed by atoms with Crippen LogP contribution in [0, 0.1) is 5.41 Å². The monoisotopic (exact) mass is 327 g/mol. The number of esters is 1. The van der Waals surface area contributed by atoms with Gasteiger partial charge in [0.05, 0.1) is 12.0 Å². The van der Waals surface area contributed by atoms with Gasteiger partial charge in [0.1, 0.15) is 12.7 Å². The lowest BCUT2D eigenvalue weighted by Gasteiger charge is -2.28. The van der Waals surface area contributed by atoms with Gasteiger partial charge in [-0.25, -0.2) is 4.57 Å². The highest BCUT2D eigenvalue weighted by Gasteiger charge is 2.32. The molecular formula is C11H22NO8P. The summed E-state index contributed by atoms with van der Waals surface area (Å²) in [5, 5.41) is 9.39. The summed E-state index contributed by atoms with van der Waals surface area (Å²) in [6.07, 6.45) is -1.36. The van der Waals surface area contributed by atoms with E-state index in [1.54, 1.807) is 20.9 Å². The number of aliphatic hydroxyl groups is 1. The maximum absolute atomic E-state index is 11.9. The first kappa shape index (κ1) is 20.0. The predicted octanol–water partition coefficient (Wildman–Crippen LogP) is -0.496. The summed E-state index contributed by atoms with van der Waals surface area (Å²) in [5.74, 6) is -0.850. The van der Waals surface area contributed by atoms with E-state index in [2.05, 4.69) is 4.52 Å². The minimum atomic E-state index is -4.67. The number of carbonyl (C=O) groups is 2. The van der Waals surface area contributed by atoms with Crippen LogP contribution >= 0.6 is 7.82 Å². The summed E-state index contributed by atoms with van der Waals surface area (Å²) in [6, 6.07) is 0. The Morgan fingerprint density at radius 2 is 1.81 bits per heavy atom. The molecule has 9 nitrogen and oxygen atoms in total. The number of amides is 1. The highest BCUT2D eigenvalue weighted by molar-refractivity contribution is 7.46. The number of hydrogen-bond acceptors (Lipinski definition) is 6. The zero-order valence-corrected chi connectivity index (χ0v) is 13.4. The molecule has 0 fully saturated rings. The summed E-state index contributed by atoms with van der Waals surface area (Å²) in [5.41, 5.74) is -0.982. The fraction of sp³-hybridized carbons (Fsp3) is 0.818. The molecule has 21 heavy (non-hydrogen) atoms. The van der Waals surface area contributed by atoms with Crippen LogP contribution in [0.4, 0.5) is 0 Å². The van der Waals surface area contributed by atoms with Crippen molar-refractivity contribution in [2.45, 2.75) is 26.9 Å². The van der Waals surface area contributed by atoms with Gasteiger partial charge in [0, 0.05) is 20.5 Å². The molecule has 10 heteroatoms. The number of rotatable bonds is 8. The van der Waals surface area contributed by atoms with Gasteiger partial charge in [0.2, 0.25) is 5.91 Å². The van der Waals surface area contributed by atoms with E-state index in [9.17, 15) is 19.3 Å². The molecule has 0 aromatic heterocycles. The molecule has 0 saturated carbocycles. The molecular weight excluding hydrogens is 305 g/mol. The largest absolute Gasteiger partial charge is 0.469 e. The van der Waals surface area contributed by atoms with Crippen molar-refractivity contribution in [2.75, 3.05) is 26.8 Å². The molecule has 1 atom stereocenters. The molecule has 0 aromatic carbocycles. The maximum atomic E-state index is 11.9. The lowest BCUT2D eigenvalue weighted by atomic mass is 9.93. The van der Waals surface area contributed by atoms with Crippen LogP contribution in [0.5, 0.6) is 0 Å². The van der Waals surface area contributed by atoms with Crippen molar-refractivity contribution in [3.05, 3.63) is 0 Å². The van der Waals surface area contributed by atoms with Crippen molar-refractivity contribution in [2.24, 2.45) is 5.41 Å². The van der Waals surface area contributed by atoms with E-state index < -0.39 is 38.5 Å². The van der Waals surface area contributed by atoms with Gasteiger partial charge >= 0.3 is 13.8 Å². The second-order valence-corrected chi connectivity index (χ2v) is 6.54. The summed E-state index contributed by atoms with van der Waals surface area (Å²) in [4.78, 5) is 41.3. The highest BCUT2D eigenvalue weighted by atomic mass is 31.2. The van der Waals surface area contributed by atoms with Crippen molar-refractivity contribution in [1.82, 2.24) is 4.90 Å². The molecule has 0 aliphatic heterocycles. The van der Waals surface area contributed by atoms with E-state index >= 15 is 0 Å². The third-order valence-electron chi connectivity index (χ3n) is 2.56. The molecule has 0 bridgehead atoms. The Labute approximate surface area is 123 Å². The third kappa shape index (κ3) is 8.79. The quantitative estimate of drug-likeness (QED) is 0.401. The van der Waals surface area contributed by atoms with Crippen LogP contribution < -0.4 is 0 Å². The summed E-state index contributed by atoms with van der Waals surface area (Å²) < 4.78 is 19.4. The van der Waals surface area contributed by atoms with Crippen LogP contribution in [0.15, 0.2) is 0 Å². The van der Waals surface area contributed by atoms with E-state index in [0.29, 0.717) is 0 Å². The van der Waals surface area contributed by atoms with Gasteiger partial charge in [-0.1, -0.05) is 0 Å². The Bertz CT molecular complexity index is 418.